The Hall–Kier alpha value is -3.77. The average molecular weight is 754 g/mol. The van der Waals surface area contributed by atoms with Crippen molar-refractivity contribution in [3.63, 3.8) is 0 Å². The van der Waals surface area contributed by atoms with E-state index in [0.717, 1.165) is 0 Å². The number of nitrogens with zero attached hydrogens (tertiary/aromatic N) is 2. The number of hydrogen-bond acceptors (Lipinski definition) is 8. The molecule has 1 heterocycles. The van der Waals surface area contributed by atoms with Gasteiger partial charge in [-0.25, -0.2) is 9.78 Å². The summed E-state index contributed by atoms with van der Waals surface area (Å²) in [5.74, 6) is -0.475. The van der Waals surface area contributed by atoms with Crippen LogP contribution in [0.15, 0.2) is 106 Å². The number of carboxylic acid groups (broad SMARTS) is 1. The molecule has 1 unspecified atom stereocenters. The minimum Gasteiger partial charge on any atom is -0.478 e. The molecule has 1 N–H and O–H groups in total. The summed E-state index contributed by atoms with van der Waals surface area (Å²) in [4.78, 5) is 18.2. The predicted octanol–water partition coefficient (Wildman–Crippen LogP) is 10.4. The van der Waals surface area contributed by atoms with Crippen LogP contribution in [0.1, 0.15) is 22.8 Å². The SMILES string of the molecule is O=C(O)C(Oc1cccc(-c2cnc(N(Cc3ccc(CP(=O)(OF)OF)c(Br)c3)c3ccc(Cl)c(Cl)c3)o2)c1)c1ccccc1. The summed E-state index contributed by atoms with van der Waals surface area (Å²) in [6.45, 7) is 0.175. The molecule has 0 spiro atoms. The van der Waals surface area contributed by atoms with Crippen LogP contribution >= 0.6 is 46.7 Å². The van der Waals surface area contributed by atoms with Crippen molar-refractivity contribution in [2.45, 2.75) is 18.8 Å². The van der Waals surface area contributed by atoms with Gasteiger partial charge in [0.2, 0.25) is 6.10 Å². The van der Waals surface area contributed by atoms with Gasteiger partial charge in [-0.1, -0.05) is 93.7 Å². The zero-order valence-corrected chi connectivity index (χ0v) is 27.3. The van der Waals surface area contributed by atoms with Crippen LogP contribution in [0, 0.1) is 0 Å². The molecule has 238 valence electrons. The van der Waals surface area contributed by atoms with E-state index in [-0.39, 0.29) is 23.1 Å². The monoisotopic (exact) mass is 752 g/mol. The number of halogens is 5. The molecular formula is C31H22BrCl2F2N2O7P. The zero-order chi connectivity index (χ0) is 32.8. The molecule has 0 saturated heterocycles. The minimum absolute atomic E-state index is 0.175. The first-order chi connectivity index (χ1) is 22.1. The van der Waals surface area contributed by atoms with Crippen molar-refractivity contribution in [2.75, 3.05) is 4.90 Å². The number of oxazole rings is 1. The maximum absolute atomic E-state index is 12.6. The highest BCUT2D eigenvalue weighted by atomic mass is 79.9. The first kappa shape index (κ1) is 33.6. The van der Waals surface area contributed by atoms with E-state index in [1.807, 2.05) is 0 Å². The molecule has 46 heavy (non-hydrogen) atoms. The molecule has 0 radical (unpaired) electrons. The van der Waals surface area contributed by atoms with Crippen molar-refractivity contribution < 1.29 is 42.1 Å². The van der Waals surface area contributed by atoms with E-state index in [0.29, 0.717) is 43.4 Å². The van der Waals surface area contributed by atoms with Crippen LogP contribution in [-0.4, -0.2) is 16.1 Å². The second-order valence-corrected chi connectivity index (χ2v) is 13.3. The Morgan fingerprint density at radius 2 is 1.74 bits per heavy atom. The largest absolute Gasteiger partial charge is 0.478 e. The normalized spacial score (nSPS) is 12.1. The van der Waals surface area contributed by atoms with Crippen molar-refractivity contribution in [1.29, 1.82) is 0 Å². The van der Waals surface area contributed by atoms with Crippen molar-refractivity contribution in [1.82, 2.24) is 4.98 Å². The van der Waals surface area contributed by atoms with Gasteiger partial charge in [-0.15, -0.1) is 9.46 Å². The second-order valence-electron chi connectivity index (χ2n) is 9.80. The van der Waals surface area contributed by atoms with Crippen LogP contribution in [0.5, 0.6) is 5.75 Å². The highest BCUT2D eigenvalue weighted by Crippen LogP contribution is 2.53. The number of carbonyl (C=O) groups is 1. The maximum Gasteiger partial charge on any atom is 0.399 e. The number of carboxylic acids is 1. The minimum atomic E-state index is -4.60. The molecule has 0 aliphatic rings. The Balaban J connectivity index is 1.44. The number of rotatable bonds is 13. The Labute approximate surface area is 279 Å². The molecule has 15 heteroatoms. The van der Waals surface area contributed by atoms with Crippen LogP contribution in [0.3, 0.4) is 0 Å². The van der Waals surface area contributed by atoms with Gasteiger partial charge in [-0.2, -0.15) is 0 Å². The summed E-state index contributed by atoms with van der Waals surface area (Å²) in [7, 11) is -4.60. The molecule has 1 atom stereocenters. The van der Waals surface area contributed by atoms with Crippen LogP contribution in [0.25, 0.3) is 11.3 Å². The van der Waals surface area contributed by atoms with Gasteiger partial charge in [0.15, 0.2) is 5.76 Å². The maximum atomic E-state index is 12.6. The molecule has 5 aromatic rings. The molecular weight excluding hydrogens is 732 g/mol. The van der Waals surface area contributed by atoms with E-state index < -0.39 is 25.8 Å². The van der Waals surface area contributed by atoms with Crippen LogP contribution in [0.4, 0.5) is 20.8 Å². The number of hydrogen-bond donors (Lipinski definition) is 1. The Morgan fingerprint density at radius 1 is 0.978 bits per heavy atom. The number of anilines is 2. The first-order valence-electron chi connectivity index (χ1n) is 13.3. The van der Waals surface area contributed by atoms with Crippen molar-refractivity contribution in [3.05, 3.63) is 128 Å². The standard InChI is InChI=1S/C31H22BrCl2F2N2O7P/c32-25-13-19(9-10-22(25)18-46(41,44-35)45-36)17-38(23-11-12-26(33)27(34)15-23)31-37-16-28(43-31)21-7-4-8-24(14-21)42-29(30(39)40)20-5-2-1-3-6-20/h1-16,29H,17-18H2,(H,39,40). The lowest BCUT2D eigenvalue weighted by atomic mass is 10.1. The summed E-state index contributed by atoms with van der Waals surface area (Å²) < 4.78 is 56.1. The lowest BCUT2D eigenvalue weighted by Crippen LogP contribution is -2.18. The second kappa shape index (κ2) is 14.8. The molecule has 0 aliphatic heterocycles. The molecule has 0 amide bonds. The van der Waals surface area contributed by atoms with Crippen molar-refractivity contribution >= 4 is 64.4 Å². The van der Waals surface area contributed by atoms with E-state index in [2.05, 4.69) is 30.4 Å². The summed E-state index contributed by atoms with van der Waals surface area (Å²) in [5, 5.41) is 10.4. The zero-order valence-electron chi connectivity index (χ0n) is 23.4. The third-order valence-corrected chi connectivity index (χ3v) is 9.30. The van der Waals surface area contributed by atoms with Gasteiger partial charge in [0.1, 0.15) is 5.75 Å². The van der Waals surface area contributed by atoms with Gasteiger partial charge in [0.25, 0.3) is 0 Å². The number of aliphatic carboxylic acids is 1. The van der Waals surface area contributed by atoms with Gasteiger partial charge in [0, 0.05) is 21.3 Å². The van der Waals surface area contributed by atoms with E-state index in [9.17, 15) is 23.5 Å². The summed E-state index contributed by atoms with van der Waals surface area (Å²) in [6.07, 6.45) is -0.365. The van der Waals surface area contributed by atoms with Crippen molar-refractivity contribution in [2.24, 2.45) is 0 Å². The van der Waals surface area contributed by atoms with Gasteiger partial charge < -0.3 is 14.3 Å². The molecule has 0 fully saturated rings. The molecule has 1 aromatic heterocycles. The van der Waals surface area contributed by atoms with Crippen LogP contribution in [-0.2, 0) is 31.5 Å². The van der Waals surface area contributed by atoms with Gasteiger partial charge >= 0.3 is 19.6 Å². The smallest absolute Gasteiger partial charge is 0.399 e. The van der Waals surface area contributed by atoms with Gasteiger partial charge in [-0.3, -0.25) is 9.46 Å². The van der Waals surface area contributed by atoms with E-state index in [1.165, 1.54) is 12.3 Å². The summed E-state index contributed by atoms with van der Waals surface area (Å²) in [6, 6.07) is 25.3. The van der Waals surface area contributed by atoms with Crippen LogP contribution < -0.4 is 9.64 Å². The molecule has 5 rings (SSSR count). The summed E-state index contributed by atoms with van der Waals surface area (Å²) >= 11 is 15.8. The third kappa shape index (κ3) is 7.95. The summed E-state index contributed by atoms with van der Waals surface area (Å²) in [5.41, 5.74) is 2.61. The Kier molecular flexibility index (Phi) is 10.8. The lowest BCUT2D eigenvalue weighted by Gasteiger charge is -2.22. The Morgan fingerprint density at radius 3 is 2.41 bits per heavy atom. The predicted molar refractivity (Wildman–Crippen MR) is 172 cm³/mol. The molecule has 4 aromatic carbocycles. The van der Waals surface area contributed by atoms with E-state index in [1.54, 1.807) is 89.8 Å². The van der Waals surface area contributed by atoms with Crippen LogP contribution in [0.2, 0.25) is 10.0 Å². The quantitative estimate of drug-likeness (QED) is 0.117. The molecule has 0 bridgehead atoms. The topological polar surface area (TPSA) is 111 Å². The fourth-order valence-electron chi connectivity index (χ4n) is 4.46. The number of aromatic nitrogens is 1. The fraction of sp³-hybridized carbons (Fsp3) is 0.0968. The Bertz CT molecular complexity index is 1890. The highest BCUT2D eigenvalue weighted by Gasteiger charge is 2.29. The first-order valence-corrected chi connectivity index (χ1v) is 16.6. The van der Waals surface area contributed by atoms with Crippen molar-refractivity contribution in [3.8, 4) is 17.1 Å². The molecule has 0 saturated carbocycles. The lowest BCUT2D eigenvalue weighted by molar-refractivity contribution is -0.145. The number of ether oxygens (including phenoxy) is 1. The average Bonchev–Trinajstić information content (AvgIpc) is 3.55. The van der Waals surface area contributed by atoms with E-state index >= 15 is 0 Å². The third-order valence-electron chi connectivity index (χ3n) is 6.67. The van der Waals surface area contributed by atoms with E-state index in [4.69, 9.17) is 32.4 Å². The van der Waals surface area contributed by atoms with Gasteiger partial charge in [0.05, 0.1) is 28.9 Å². The fourth-order valence-corrected chi connectivity index (χ4v) is 6.35. The highest BCUT2D eigenvalue weighted by molar-refractivity contribution is 9.10. The number of benzene rings is 4. The molecule has 9 nitrogen and oxygen atoms in total. The molecule has 0 aliphatic carbocycles. The van der Waals surface area contributed by atoms with Gasteiger partial charge in [-0.05, 0) is 56.6 Å².